The highest BCUT2D eigenvalue weighted by molar-refractivity contribution is 5.72. The second-order valence-electron chi connectivity index (χ2n) is 6.29. The van der Waals surface area contributed by atoms with Crippen molar-refractivity contribution in [3.8, 4) is 0 Å². The summed E-state index contributed by atoms with van der Waals surface area (Å²) in [5.74, 6) is 6.63. The summed E-state index contributed by atoms with van der Waals surface area (Å²) in [5.41, 5.74) is 4.70. The molecule has 2 aromatic rings. The summed E-state index contributed by atoms with van der Waals surface area (Å²) in [6.45, 7) is 2.69. The lowest BCUT2D eigenvalue weighted by Gasteiger charge is -2.33. The highest BCUT2D eigenvalue weighted by Crippen LogP contribution is 2.26. The SMILES string of the molecule is C/C=C1/CN=C/C=C\C=C(\Cc2ccccc2)C1N(N)c1ccccc1. The lowest BCUT2D eigenvalue weighted by molar-refractivity contribution is 0.724. The number of nitrogens with zero attached hydrogens (tertiary/aromatic N) is 2. The van der Waals surface area contributed by atoms with Gasteiger partial charge in [0, 0.05) is 6.21 Å². The van der Waals surface area contributed by atoms with Crippen LogP contribution in [0.15, 0.2) is 101 Å². The molecule has 0 radical (unpaired) electrons. The zero-order valence-electron chi connectivity index (χ0n) is 15.1. The van der Waals surface area contributed by atoms with E-state index in [0.29, 0.717) is 6.54 Å². The Morgan fingerprint density at radius 2 is 1.73 bits per heavy atom. The Morgan fingerprint density at radius 3 is 2.42 bits per heavy atom. The van der Waals surface area contributed by atoms with Crippen LogP contribution >= 0.6 is 0 Å². The molecule has 0 spiro atoms. The molecule has 0 amide bonds. The highest BCUT2D eigenvalue weighted by atomic mass is 15.4. The topological polar surface area (TPSA) is 41.6 Å². The van der Waals surface area contributed by atoms with E-state index in [0.717, 1.165) is 12.1 Å². The van der Waals surface area contributed by atoms with Gasteiger partial charge in [0.25, 0.3) is 0 Å². The summed E-state index contributed by atoms with van der Waals surface area (Å²) in [6.07, 6.45) is 11.0. The molecule has 3 heteroatoms. The molecule has 0 saturated heterocycles. The van der Waals surface area contributed by atoms with Gasteiger partial charge in [0.05, 0.1) is 18.3 Å². The molecule has 2 N–H and O–H groups in total. The molecule has 1 aliphatic rings. The fourth-order valence-electron chi connectivity index (χ4n) is 3.21. The van der Waals surface area contributed by atoms with Crippen molar-refractivity contribution in [2.45, 2.75) is 19.4 Å². The molecule has 1 aliphatic heterocycles. The molecule has 0 bridgehead atoms. The van der Waals surface area contributed by atoms with Gasteiger partial charge < -0.3 is 0 Å². The third kappa shape index (κ3) is 4.38. The number of hydrogen-bond donors (Lipinski definition) is 1. The number of hydrazine groups is 1. The van der Waals surface area contributed by atoms with E-state index in [4.69, 9.17) is 5.84 Å². The minimum atomic E-state index is -0.0393. The first-order chi connectivity index (χ1) is 12.8. The highest BCUT2D eigenvalue weighted by Gasteiger charge is 2.24. The van der Waals surface area contributed by atoms with Gasteiger partial charge in [-0.15, -0.1) is 0 Å². The van der Waals surface area contributed by atoms with Crippen LogP contribution in [-0.2, 0) is 6.42 Å². The minimum Gasteiger partial charge on any atom is -0.300 e. The van der Waals surface area contributed by atoms with Crippen molar-refractivity contribution in [1.82, 2.24) is 0 Å². The van der Waals surface area contributed by atoms with E-state index in [-0.39, 0.29) is 6.04 Å². The largest absolute Gasteiger partial charge is 0.300 e. The van der Waals surface area contributed by atoms with Crippen molar-refractivity contribution in [3.63, 3.8) is 0 Å². The zero-order chi connectivity index (χ0) is 18.2. The van der Waals surface area contributed by atoms with E-state index in [1.165, 1.54) is 16.7 Å². The molecule has 2 aromatic carbocycles. The Hall–Kier alpha value is -2.91. The molecule has 0 saturated carbocycles. The maximum atomic E-state index is 6.63. The Labute approximate surface area is 155 Å². The van der Waals surface area contributed by atoms with Crippen LogP contribution in [0.2, 0.25) is 0 Å². The number of allylic oxidation sites excluding steroid dienone is 4. The van der Waals surface area contributed by atoms with Gasteiger partial charge in [-0.05, 0) is 48.3 Å². The van der Waals surface area contributed by atoms with Gasteiger partial charge in [-0.3, -0.25) is 10.0 Å². The third-order valence-electron chi connectivity index (χ3n) is 4.54. The van der Waals surface area contributed by atoms with E-state index in [2.05, 4.69) is 48.3 Å². The molecule has 1 unspecified atom stereocenters. The molecule has 1 atom stereocenters. The van der Waals surface area contributed by atoms with Gasteiger partial charge >= 0.3 is 0 Å². The van der Waals surface area contributed by atoms with E-state index >= 15 is 0 Å². The summed E-state index contributed by atoms with van der Waals surface area (Å²) in [6, 6.07) is 20.6. The van der Waals surface area contributed by atoms with Gasteiger partial charge in [0.2, 0.25) is 0 Å². The average molecular weight is 343 g/mol. The van der Waals surface area contributed by atoms with E-state index in [1.807, 2.05) is 59.8 Å². The van der Waals surface area contributed by atoms with Crippen LogP contribution in [0.3, 0.4) is 0 Å². The Kier molecular flexibility index (Phi) is 6.18. The number of nitrogens with two attached hydrogens (primary N) is 1. The molecular weight excluding hydrogens is 318 g/mol. The smallest absolute Gasteiger partial charge is 0.0896 e. The van der Waals surface area contributed by atoms with Crippen molar-refractivity contribution in [2.24, 2.45) is 10.8 Å². The molecular formula is C23H25N3. The van der Waals surface area contributed by atoms with Crippen molar-refractivity contribution < 1.29 is 0 Å². The first kappa shape index (κ1) is 17.9. The first-order valence-electron chi connectivity index (χ1n) is 8.93. The zero-order valence-corrected chi connectivity index (χ0v) is 15.1. The summed E-state index contributed by atoms with van der Waals surface area (Å²) in [7, 11) is 0. The number of anilines is 1. The fourth-order valence-corrected chi connectivity index (χ4v) is 3.21. The lowest BCUT2D eigenvalue weighted by Crippen LogP contribution is -2.44. The predicted octanol–water partition coefficient (Wildman–Crippen LogP) is 4.49. The summed E-state index contributed by atoms with van der Waals surface area (Å²) >= 11 is 0. The third-order valence-corrected chi connectivity index (χ3v) is 4.54. The molecule has 0 aliphatic carbocycles. The van der Waals surface area contributed by atoms with Crippen LogP contribution in [0, 0.1) is 0 Å². The second kappa shape index (κ2) is 8.97. The first-order valence-corrected chi connectivity index (χ1v) is 8.93. The predicted molar refractivity (Wildman–Crippen MR) is 111 cm³/mol. The van der Waals surface area contributed by atoms with Crippen molar-refractivity contribution in [1.29, 1.82) is 0 Å². The van der Waals surface area contributed by atoms with Crippen molar-refractivity contribution in [2.75, 3.05) is 11.6 Å². The lowest BCUT2D eigenvalue weighted by atomic mass is 9.91. The average Bonchev–Trinajstić information content (AvgIpc) is 2.79. The molecule has 1 heterocycles. The van der Waals surface area contributed by atoms with Crippen LogP contribution < -0.4 is 10.9 Å². The van der Waals surface area contributed by atoms with E-state index in [1.54, 1.807) is 0 Å². The minimum absolute atomic E-state index is 0.0393. The number of rotatable bonds is 4. The normalized spacial score (nSPS) is 22.0. The molecule has 3 rings (SSSR count). The molecule has 26 heavy (non-hydrogen) atoms. The van der Waals surface area contributed by atoms with Gasteiger partial charge in [-0.2, -0.15) is 0 Å². The standard InChI is InChI=1S/C23H25N3/c1-2-20-18-25-16-10-9-13-21(17-19-11-5-3-6-12-19)23(20)26(24)22-14-7-4-8-15-22/h2-16,23H,17-18,24H2,1H3/b10-9-,20-2-,21-13-,25-16?. The number of hydrogen-bond acceptors (Lipinski definition) is 3. The molecule has 3 nitrogen and oxygen atoms in total. The monoisotopic (exact) mass is 343 g/mol. The van der Waals surface area contributed by atoms with Crippen LogP contribution in [0.5, 0.6) is 0 Å². The van der Waals surface area contributed by atoms with Crippen LogP contribution in [0.4, 0.5) is 5.69 Å². The van der Waals surface area contributed by atoms with Crippen LogP contribution in [0.1, 0.15) is 12.5 Å². The van der Waals surface area contributed by atoms with Crippen molar-refractivity contribution in [3.05, 3.63) is 102 Å². The van der Waals surface area contributed by atoms with Gasteiger partial charge in [-0.25, -0.2) is 5.84 Å². The second-order valence-corrected chi connectivity index (χ2v) is 6.29. The fraction of sp³-hybridized carbons (Fsp3) is 0.174. The maximum Gasteiger partial charge on any atom is 0.0896 e. The van der Waals surface area contributed by atoms with E-state index in [9.17, 15) is 0 Å². The summed E-state index contributed by atoms with van der Waals surface area (Å²) in [5, 5.41) is 1.86. The van der Waals surface area contributed by atoms with Gasteiger partial charge in [0.15, 0.2) is 0 Å². The van der Waals surface area contributed by atoms with Crippen LogP contribution in [0.25, 0.3) is 0 Å². The summed E-state index contributed by atoms with van der Waals surface area (Å²) < 4.78 is 0. The quantitative estimate of drug-likeness (QED) is 0.505. The molecule has 132 valence electrons. The van der Waals surface area contributed by atoms with Gasteiger partial charge in [-0.1, -0.05) is 66.8 Å². The molecule has 0 aromatic heterocycles. The number of aliphatic imine (C=N–C) groups is 1. The number of benzene rings is 2. The number of para-hydroxylation sites is 1. The van der Waals surface area contributed by atoms with Gasteiger partial charge in [0.1, 0.15) is 0 Å². The molecule has 0 fully saturated rings. The Morgan fingerprint density at radius 1 is 1.04 bits per heavy atom. The van der Waals surface area contributed by atoms with E-state index < -0.39 is 0 Å². The summed E-state index contributed by atoms with van der Waals surface area (Å²) in [4.78, 5) is 4.52. The Bertz CT molecular complexity index is 817. The Balaban J connectivity index is 2.03. The van der Waals surface area contributed by atoms with Crippen LogP contribution in [-0.4, -0.2) is 18.8 Å². The maximum absolute atomic E-state index is 6.63. The van der Waals surface area contributed by atoms with Crippen molar-refractivity contribution >= 4 is 11.9 Å².